The standard InChI is InChI=1S/C42H49NO3/c1-40(2)25-41(3,4)27-42(26-40)35-13-9-8-12-31(35)39-34-23-38(46-30-10-6-5-7-11-30)32(22-33(34)37(44)24-36(39)42)28-14-16-29(17-15-28)43-18-20-45-21-19-43/h8-9,12-17,22-24,30,44H,5-7,10-11,18-21,25-27H2,1-4H3. The number of hydrogen-bond donors (Lipinski definition) is 1. The molecule has 1 N–H and O–H groups in total. The van der Waals surface area contributed by atoms with Gasteiger partial charge < -0.3 is 19.5 Å². The summed E-state index contributed by atoms with van der Waals surface area (Å²) in [5.41, 5.74) is 8.99. The van der Waals surface area contributed by atoms with Gasteiger partial charge in [0.25, 0.3) is 0 Å². The molecule has 4 aromatic carbocycles. The van der Waals surface area contributed by atoms with E-state index >= 15 is 0 Å². The van der Waals surface area contributed by atoms with Crippen LogP contribution in [0.25, 0.3) is 33.0 Å². The molecule has 4 aromatic rings. The number of hydrogen-bond acceptors (Lipinski definition) is 4. The zero-order valence-electron chi connectivity index (χ0n) is 28.1. The summed E-state index contributed by atoms with van der Waals surface area (Å²) < 4.78 is 12.6. The van der Waals surface area contributed by atoms with Crippen LogP contribution in [0.15, 0.2) is 66.7 Å². The van der Waals surface area contributed by atoms with Gasteiger partial charge in [0.05, 0.1) is 19.3 Å². The number of phenols is 1. The number of phenolic OH excluding ortho intramolecular Hbond substituents is 1. The van der Waals surface area contributed by atoms with Crippen LogP contribution >= 0.6 is 0 Å². The molecule has 1 saturated heterocycles. The number of morpholine rings is 1. The first kappa shape index (κ1) is 29.9. The smallest absolute Gasteiger partial charge is 0.128 e. The number of aromatic hydroxyl groups is 1. The highest BCUT2D eigenvalue weighted by atomic mass is 16.5. The molecule has 0 radical (unpaired) electrons. The molecule has 0 amide bonds. The van der Waals surface area contributed by atoms with E-state index in [1.165, 1.54) is 53.6 Å². The molecule has 1 spiro atoms. The molecular formula is C42H49NO3. The van der Waals surface area contributed by atoms with Crippen LogP contribution in [-0.4, -0.2) is 37.5 Å². The Kier molecular flexibility index (Phi) is 7.17. The van der Waals surface area contributed by atoms with Gasteiger partial charge in [-0.15, -0.1) is 0 Å². The summed E-state index contributed by atoms with van der Waals surface area (Å²) in [5.74, 6) is 1.31. The Hall–Kier alpha value is -3.50. The molecule has 0 atom stereocenters. The highest BCUT2D eigenvalue weighted by molar-refractivity contribution is 6.07. The second-order valence-electron chi connectivity index (χ2n) is 16.2. The molecule has 8 rings (SSSR count). The van der Waals surface area contributed by atoms with Gasteiger partial charge in [-0.3, -0.25) is 0 Å². The molecule has 3 fully saturated rings. The highest BCUT2D eigenvalue weighted by Gasteiger charge is 2.53. The lowest BCUT2D eigenvalue weighted by Gasteiger charge is -2.51. The predicted molar refractivity (Wildman–Crippen MR) is 189 cm³/mol. The summed E-state index contributed by atoms with van der Waals surface area (Å²) >= 11 is 0. The number of fused-ring (bicyclic) bond motifs is 7. The zero-order chi connectivity index (χ0) is 31.7. The Morgan fingerprint density at radius 1 is 0.739 bits per heavy atom. The highest BCUT2D eigenvalue weighted by Crippen LogP contribution is 2.65. The topological polar surface area (TPSA) is 41.9 Å². The monoisotopic (exact) mass is 615 g/mol. The second kappa shape index (κ2) is 11.0. The summed E-state index contributed by atoms with van der Waals surface area (Å²) in [5, 5.41) is 13.9. The Balaban J connectivity index is 1.32. The lowest BCUT2D eigenvalue weighted by Crippen LogP contribution is -2.43. The second-order valence-corrected chi connectivity index (χ2v) is 16.2. The molecule has 0 aromatic heterocycles. The molecule has 2 saturated carbocycles. The third-order valence-corrected chi connectivity index (χ3v) is 11.4. The Bertz CT molecular complexity index is 1760. The van der Waals surface area contributed by atoms with Crippen LogP contribution in [0.2, 0.25) is 0 Å². The van der Waals surface area contributed by atoms with Gasteiger partial charge in [-0.2, -0.15) is 0 Å². The average Bonchev–Trinajstić information content (AvgIpc) is 3.28. The Labute approximate surface area is 274 Å². The summed E-state index contributed by atoms with van der Waals surface area (Å²) in [6.07, 6.45) is 9.52. The molecule has 1 aliphatic heterocycles. The number of ether oxygens (including phenoxy) is 2. The van der Waals surface area contributed by atoms with Gasteiger partial charge in [-0.25, -0.2) is 0 Å². The number of benzene rings is 4. The van der Waals surface area contributed by atoms with Crippen molar-refractivity contribution >= 4 is 16.5 Å². The molecule has 1 heterocycles. The summed E-state index contributed by atoms with van der Waals surface area (Å²) in [7, 11) is 0. The van der Waals surface area contributed by atoms with E-state index in [0.29, 0.717) is 5.75 Å². The van der Waals surface area contributed by atoms with E-state index in [-0.39, 0.29) is 22.3 Å². The molecule has 240 valence electrons. The van der Waals surface area contributed by atoms with Crippen molar-refractivity contribution < 1.29 is 14.6 Å². The van der Waals surface area contributed by atoms with Crippen molar-refractivity contribution in [3.05, 3.63) is 77.9 Å². The Morgan fingerprint density at radius 2 is 1.43 bits per heavy atom. The molecule has 4 nitrogen and oxygen atoms in total. The van der Waals surface area contributed by atoms with Crippen molar-refractivity contribution in [1.82, 2.24) is 0 Å². The first-order chi connectivity index (χ1) is 22.1. The fraction of sp³-hybridized carbons (Fsp3) is 0.476. The van der Waals surface area contributed by atoms with Crippen molar-refractivity contribution in [3.8, 4) is 33.8 Å². The summed E-state index contributed by atoms with van der Waals surface area (Å²) in [6.45, 7) is 13.1. The molecule has 4 aliphatic rings. The van der Waals surface area contributed by atoms with Crippen molar-refractivity contribution in [2.24, 2.45) is 10.8 Å². The van der Waals surface area contributed by atoms with Crippen LogP contribution in [0, 0.1) is 10.8 Å². The van der Waals surface area contributed by atoms with Gasteiger partial charge in [-0.1, -0.05) is 70.5 Å². The SMILES string of the molecule is CC1(C)CC(C)(C)CC2(C1)c1ccccc1-c1c2cc(O)c2cc(-c3ccc(N4CCOCC4)cc3)c(OC3CCCCC3)cc12. The number of anilines is 1. The number of rotatable bonds is 4. The maximum Gasteiger partial charge on any atom is 0.128 e. The van der Waals surface area contributed by atoms with E-state index < -0.39 is 0 Å². The lowest BCUT2D eigenvalue weighted by molar-refractivity contribution is 0.0645. The van der Waals surface area contributed by atoms with E-state index in [4.69, 9.17) is 9.47 Å². The van der Waals surface area contributed by atoms with Crippen LogP contribution in [0.5, 0.6) is 11.5 Å². The van der Waals surface area contributed by atoms with E-state index in [2.05, 4.69) is 99.3 Å². The van der Waals surface area contributed by atoms with Gasteiger partial charge in [0, 0.05) is 35.1 Å². The van der Waals surface area contributed by atoms with Crippen LogP contribution in [0.3, 0.4) is 0 Å². The van der Waals surface area contributed by atoms with Gasteiger partial charge in [0.1, 0.15) is 11.5 Å². The molecule has 4 heteroatoms. The maximum atomic E-state index is 11.9. The van der Waals surface area contributed by atoms with Gasteiger partial charge >= 0.3 is 0 Å². The molecule has 3 aliphatic carbocycles. The minimum atomic E-state index is -0.124. The Morgan fingerprint density at radius 3 is 2.15 bits per heavy atom. The lowest BCUT2D eigenvalue weighted by atomic mass is 9.52. The minimum absolute atomic E-state index is 0.124. The zero-order valence-corrected chi connectivity index (χ0v) is 28.1. The largest absolute Gasteiger partial charge is 0.507 e. The maximum absolute atomic E-state index is 11.9. The van der Waals surface area contributed by atoms with Crippen molar-refractivity contribution in [2.45, 2.75) is 90.6 Å². The third kappa shape index (κ3) is 5.08. The fourth-order valence-electron chi connectivity index (χ4n) is 10.2. The van der Waals surface area contributed by atoms with E-state index in [1.807, 2.05) is 0 Å². The van der Waals surface area contributed by atoms with Gasteiger partial charge in [0.2, 0.25) is 0 Å². The first-order valence-corrected chi connectivity index (χ1v) is 17.7. The average molecular weight is 616 g/mol. The molecule has 0 bridgehead atoms. The van der Waals surface area contributed by atoms with Crippen molar-refractivity contribution in [3.63, 3.8) is 0 Å². The van der Waals surface area contributed by atoms with Crippen LogP contribution < -0.4 is 9.64 Å². The van der Waals surface area contributed by atoms with Crippen LogP contribution in [0.1, 0.15) is 90.2 Å². The van der Waals surface area contributed by atoms with Gasteiger partial charge in [-0.05, 0) is 119 Å². The molecular weight excluding hydrogens is 566 g/mol. The summed E-state index contributed by atoms with van der Waals surface area (Å²) in [4.78, 5) is 2.39. The van der Waals surface area contributed by atoms with Gasteiger partial charge in [0.15, 0.2) is 0 Å². The quantitative estimate of drug-likeness (QED) is 0.248. The molecule has 0 unspecified atom stereocenters. The summed E-state index contributed by atoms with van der Waals surface area (Å²) in [6, 6.07) is 24.6. The van der Waals surface area contributed by atoms with E-state index in [0.717, 1.165) is 79.6 Å². The minimum Gasteiger partial charge on any atom is -0.507 e. The van der Waals surface area contributed by atoms with E-state index in [1.54, 1.807) is 0 Å². The predicted octanol–water partition coefficient (Wildman–Crippen LogP) is 10.3. The van der Waals surface area contributed by atoms with Crippen LogP contribution in [-0.2, 0) is 10.2 Å². The third-order valence-electron chi connectivity index (χ3n) is 11.4. The van der Waals surface area contributed by atoms with E-state index in [9.17, 15) is 5.11 Å². The molecule has 46 heavy (non-hydrogen) atoms. The normalized spacial score (nSPS) is 21.7. The first-order valence-electron chi connectivity index (χ1n) is 17.7. The van der Waals surface area contributed by atoms with Crippen LogP contribution in [0.4, 0.5) is 5.69 Å². The van der Waals surface area contributed by atoms with Crippen molar-refractivity contribution in [1.29, 1.82) is 0 Å². The fourth-order valence-corrected chi connectivity index (χ4v) is 10.2. The number of nitrogens with zero attached hydrogens (tertiary/aromatic N) is 1. The van der Waals surface area contributed by atoms with Crippen molar-refractivity contribution in [2.75, 3.05) is 31.2 Å².